The number of benzene rings is 1. The molecule has 3 heterocycles. The number of anilines is 2. The molecule has 0 saturated carbocycles. The summed E-state index contributed by atoms with van der Waals surface area (Å²) < 4.78 is 1.22. The fourth-order valence-electron chi connectivity index (χ4n) is 3.56. The summed E-state index contributed by atoms with van der Waals surface area (Å²) in [4.78, 5) is 44.1. The van der Waals surface area contributed by atoms with Gasteiger partial charge in [0.25, 0.3) is 5.91 Å². The molecule has 2 amide bonds. The Kier molecular flexibility index (Phi) is 9.04. The molecule has 2 aliphatic rings. The summed E-state index contributed by atoms with van der Waals surface area (Å²) in [7, 11) is 0. The molecule has 17 heteroatoms. The van der Waals surface area contributed by atoms with Crippen LogP contribution < -0.4 is 27.3 Å². The number of fused-ring (bicyclic) bond motifs is 1. The molecule has 202 valence electrons. The lowest BCUT2D eigenvalue weighted by Gasteiger charge is -2.49. The summed E-state index contributed by atoms with van der Waals surface area (Å²) in [5.41, 5.74) is 12.3. The summed E-state index contributed by atoms with van der Waals surface area (Å²) >= 11 is 17.2. The number of β-lactam (4-membered cyclic amide) rings is 1. The number of carboxylic acid groups (broad SMARTS) is 1. The number of nitrogens with two attached hydrogens (primary N) is 3. The molecular weight excluding hydrogens is 613 g/mol. The van der Waals surface area contributed by atoms with E-state index in [9.17, 15) is 19.5 Å². The van der Waals surface area contributed by atoms with Gasteiger partial charge >= 0.3 is 11.1 Å². The number of carbonyl (C=O) groups excluding carboxylic acids is 2. The van der Waals surface area contributed by atoms with Crippen molar-refractivity contribution in [3.63, 3.8) is 0 Å². The quantitative estimate of drug-likeness (QED) is 0.0677. The van der Waals surface area contributed by atoms with Crippen LogP contribution in [-0.2, 0) is 14.4 Å². The largest absolute Gasteiger partial charge is 0.477 e. The number of hydrogen-bond donors (Lipinski definition) is 5. The molecule has 1 aromatic heterocycles. The van der Waals surface area contributed by atoms with Crippen molar-refractivity contribution in [2.45, 2.75) is 28.4 Å². The number of carboxylic acids is 1. The highest BCUT2D eigenvalue weighted by Crippen LogP contribution is 2.44. The number of hydrogen-bond acceptors (Lipinski definition) is 11. The number of nitrogens with one attached hydrogen (secondary N) is 1. The molecule has 11 nitrogen and oxygen atoms in total. The van der Waals surface area contributed by atoms with Crippen LogP contribution in [0.25, 0.3) is 0 Å². The highest BCUT2D eigenvalue weighted by Gasteiger charge is 2.54. The first-order valence-corrected chi connectivity index (χ1v) is 15.5. The van der Waals surface area contributed by atoms with Gasteiger partial charge in [-0.25, -0.2) is 4.79 Å². The van der Waals surface area contributed by atoms with E-state index in [4.69, 9.17) is 40.5 Å². The smallest absolute Gasteiger partial charge is 0.353 e. The molecule has 38 heavy (non-hydrogen) atoms. The van der Waals surface area contributed by atoms with Crippen molar-refractivity contribution in [1.82, 2.24) is 15.2 Å². The molecule has 1 fully saturated rings. The first kappa shape index (κ1) is 28.8. The van der Waals surface area contributed by atoms with Crippen molar-refractivity contribution in [2.24, 2.45) is 0 Å². The van der Waals surface area contributed by atoms with E-state index in [1.54, 1.807) is 25.1 Å². The Morgan fingerprint density at radius 3 is 2.74 bits per heavy atom. The lowest BCUT2D eigenvalue weighted by atomic mass is 10.1. The molecule has 0 bridgehead atoms. The first-order chi connectivity index (χ1) is 18.0. The Labute approximate surface area is 244 Å². The summed E-state index contributed by atoms with van der Waals surface area (Å²) in [6.45, 7) is 1.71. The number of amides is 2. The van der Waals surface area contributed by atoms with Crippen LogP contribution in [-0.4, -0.2) is 60.8 Å². The second-order valence-electron chi connectivity index (χ2n) is 7.96. The minimum atomic E-state index is -1.22. The van der Waals surface area contributed by atoms with Crippen molar-refractivity contribution in [1.29, 1.82) is 0 Å². The van der Waals surface area contributed by atoms with E-state index in [0.717, 1.165) is 0 Å². The summed E-state index contributed by atoms with van der Waals surface area (Å²) in [5, 5.41) is 13.8. The van der Waals surface area contributed by atoms with Crippen molar-refractivity contribution >= 4 is 99.7 Å². The number of thioether (sulfide) groups is 4. The molecule has 2 atom stereocenters. The number of aliphatic carboxylic acids is 1. The third kappa shape index (κ3) is 5.87. The number of nitrogen functional groups attached to an aromatic ring is 3. The minimum Gasteiger partial charge on any atom is -0.477 e. The van der Waals surface area contributed by atoms with E-state index >= 15 is 0 Å². The van der Waals surface area contributed by atoms with E-state index in [0.29, 0.717) is 41.4 Å². The number of rotatable bonds is 9. The predicted molar refractivity (Wildman–Crippen MR) is 153 cm³/mol. The molecular formula is C21H22Cl2N7O4S4+. The number of carbonyl (C=O) groups is 3. The Balaban J connectivity index is 1.38. The van der Waals surface area contributed by atoms with E-state index in [2.05, 4.69) is 10.3 Å². The maximum Gasteiger partial charge on any atom is 0.353 e. The van der Waals surface area contributed by atoms with Crippen LogP contribution in [0.15, 0.2) is 38.9 Å². The van der Waals surface area contributed by atoms with E-state index in [-0.39, 0.29) is 29.0 Å². The number of nitrogens with zero attached hydrogens (tertiary/aromatic N) is 3. The lowest BCUT2D eigenvalue weighted by Crippen LogP contribution is -2.70. The Morgan fingerprint density at radius 1 is 1.29 bits per heavy atom. The SMILES string of the molecule is Cc1c(N)nc(SCSC2=C(C(=O)O)N3C(=O)C(NC(=O)CSc4cc(Cl)ccc4Cl)C3SC2)[n+](N)c1N. The van der Waals surface area contributed by atoms with Gasteiger partial charge in [0.1, 0.15) is 17.1 Å². The predicted octanol–water partition coefficient (Wildman–Crippen LogP) is 2.13. The standard InChI is InChI=1S/C21H21Cl2N7O4S4/c1-8-16(24)28-21(30(26)17(8)25)38-7-37-12-5-36-19-14(18(32)29(19)15(12)20(33)34)27-13(31)6-35-11-4-9(22)2-3-10(11)23/h2-4,14,19H,5-7,26H2,1H3,(H5,24,25,27,31,33,34)/p+1. The average Bonchev–Trinajstić information content (AvgIpc) is 2.88. The second kappa shape index (κ2) is 11.9. The second-order valence-corrected chi connectivity index (χ2v) is 13.3. The molecule has 2 aliphatic heterocycles. The zero-order valence-corrected chi connectivity index (χ0v) is 24.4. The van der Waals surface area contributed by atoms with Crippen LogP contribution in [0.3, 0.4) is 0 Å². The third-order valence-corrected chi connectivity index (χ3v) is 10.9. The summed E-state index contributed by atoms with van der Waals surface area (Å²) in [5.74, 6) is 4.80. The van der Waals surface area contributed by atoms with E-state index in [1.165, 1.54) is 56.6 Å². The Morgan fingerprint density at radius 2 is 2.03 bits per heavy atom. The van der Waals surface area contributed by atoms with Crippen molar-refractivity contribution in [3.8, 4) is 0 Å². The maximum atomic E-state index is 12.9. The maximum absolute atomic E-state index is 12.9. The van der Waals surface area contributed by atoms with Crippen molar-refractivity contribution in [2.75, 3.05) is 33.9 Å². The Hall–Kier alpha value is -2.17. The fourth-order valence-corrected chi connectivity index (χ4v) is 8.54. The normalized spacial score (nSPS) is 18.7. The highest BCUT2D eigenvalue weighted by molar-refractivity contribution is 8.18. The van der Waals surface area contributed by atoms with Crippen LogP contribution >= 0.6 is 70.2 Å². The zero-order chi connectivity index (χ0) is 27.7. The van der Waals surface area contributed by atoms with Crippen LogP contribution in [0.1, 0.15) is 5.56 Å². The van der Waals surface area contributed by atoms with Gasteiger partial charge in [0.15, 0.2) is 0 Å². The van der Waals surface area contributed by atoms with Gasteiger partial charge in [-0.2, -0.15) is 0 Å². The van der Waals surface area contributed by atoms with Gasteiger partial charge < -0.3 is 21.9 Å². The van der Waals surface area contributed by atoms with Crippen LogP contribution in [0.5, 0.6) is 0 Å². The molecule has 0 radical (unpaired) electrons. The molecule has 1 aromatic carbocycles. The number of aromatic nitrogens is 2. The van der Waals surface area contributed by atoms with E-state index in [1.807, 2.05) is 0 Å². The highest BCUT2D eigenvalue weighted by atomic mass is 35.5. The molecule has 0 aliphatic carbocycles. The van der Waals surface area contributed by atoms with Gasteiger partial charge in [0, 0.05) is 20.6 Å². The van der Waals surface area contributed by atoms with Crippen molar-refractivity contribution < 1.29 is 24.2 Å². The zero-order valence-electron chi connectivity index (χ0n) is 19.6. The van der Waals surface area contributed by atoms with Gasteiger partial charge in [-0.15, -0.1) is 40.0 Å². The summed E-state index contributed by atoms with van der Waals surface area (Å²) in [6, 6.07) is 4.12. The van der Waals surface area contributed by atoms with Gasteiger partial charge in [0.05, 0.1) is 21.4 Å². The van der Waals surface area contributed by atoms with E-state index < -0.39 is 23.3 Å². The third-order valence-electron chi connectivity index (χ3n) is 5.58. The molecule has 8 N–H and O–H groups in total. The molecule has 2 aromatic rings. The van der Waals surface area contributed by atoms with Crippen LogP contribution in [0.2, 0.25) is 10.0 Å². The van der Waals surface area contributed by atoms with Gasteiger partial charge in [0.2, 0.25) is 17.5 Å². The lowest BCUT2D eigenvalue weighted by molar-refractivity contribution is -0.667. The number of halogens is 2. The fraction of sp³-hybridized carbons (Fsp3) is 0.286. The topological polar surface area (TPSA) is 182 Å². The molecule has 4 rings (SSSR count). The molecule has 2 unspecified atom stereocenters. The van der Waals surface area contributed by atoms with Crippen molar-refractivity contribution in [3.05, 3.63) is 44.4 Å². The van der Waals surface area contributed by atoms with Gasteiger partial charge in [-0.1, -0.05) is 28.2 Å². The molecule has 1 saturated heterocycles. The van der Waals surface area contributed by atoms with Crippen LogP contribution in [0, 0.1) is 6.92 Å². The Bertz CT molecular complexity index is 1360. The molecule has 0 spiro atoms. The van der Waals surface area contributed by atoms with Crippen LogP contribution in [0.4, 0.5) is 11.6 Å². The summed E-state index contributed by atoms with van der Waals surface area (Å²) in [6.07, 6.45) is 0. The average molecular weight is 636 g/mol. The van der Waals surface area contributed by atoms with Gasteiger partial charge in [-0.05, 0) is 36.9 Å². The minimum absolute atomic E-state index is 0.0183. The monoisotopic (exact) mass is 634 g/mol. The first-order valence-electron chi connectivity index (χ1n) is 10.8. The van der Waals surface area contributed by atoms with Gasteiger partial charge in [-0.3, -0.25) is 20.3 Å².